The van der Waals surface area contributed by atoms with Gasteiger partial charge in [-0.1, -0.05) is 24.3 Å². The molecule has 0 aliphatic carbocycles. The molecule has 214 valence electrons. The minimum absolute atomic E-state index is 0.802. The smallest absolute Gasteiger partial charge is 0.159 e. The van der Waals surface area contributed by atoms with Crippen molar-refractivity contribution in [2.45, 2.75) is 0 Å². The van der Waals surface area contributed by atoms with Crippen LogP contribution in [0.4, 0.5) is 0 Å². The lowest BCUT2D eigenvalue weighted by Crippen LogP contribution is -1.94. The van der Waals surface area contributed by atoms with Gasteiger partial charge in [0.15, 0.2) is 11.2 Å². The molecular formula is C38H20N6O2. The van der Waals surface area contributed by atoms with Gasteiger partial charge in [0.1, 0.15) is 11.2 Å². The molecule has 8 aromatic heterocycles. The van der Waals surface area contributed by atoms with Crippen LogP contribution in [0.25, 0.3) is 98.9 Å². The van der Waals surface area contributed by atoms with Crippen LogP contribution in [0.5, 0.6) is 0 Å². The fourth-order valence-electron chi connectivity index (χ4n) is 7.35. The summed E-state index contributed by atoms with van der Waals surface area (Å²) in [6.45, 7) is 0. The van der Waals surface area contributed by atoms with E-state index in [1.807, 2.05) is 73.8 Å². The molecule has 0 unspecified atom stereocenters. The predicted octanol–water partition coefficient (Wildman–Crippen LogP) is 9.26. The third-order valence-electron chi connectivity index (χ3n) is 9.30. The van der Waals surface area contributed by atoms with Crippen LogP contribution in [0.1, 0.15) is 0 Å². The highest BCUT2D eigenvalue weighted by atomic mass is 16.3. The monoisotopic (exact) mass is 592 g/mol. The number of benzene rings is 3. The second kappa shape index (κ2) is 8.55. The molecule has 11 rings (SSSR count). The van der Waals surface area contributed by atoms with E-state index in [0.717, 1.165) is 98.9 Å². The topological polar surface area (TPSA) is 87.7 Å². The Morgan fingerprint density at radius 2 is 0.848 bits per heavy atom. The van der Waals surface area contributed by atoms with E-state index in [4.69, 9.17) is 8.83 Å². The minimum atomic E-state index is 0.802. The van der Waals surface area contributed by atoms with Gasteiger partial charge in [-0.2, -0.15) is 0 Å². The van der Waals surface area contributed by atoms with Crippen molar-refractivity contribution in [3.63, 3.8) is 0 Å². The molecule has 0 saturated heterocycles. The molecule has 8 heterocycles. The third-order valence-corrected chi connectivity index (χ3v) is 9.30. The van der Waals surface area contributed by atoms with Gasteiger partial charge in [0.05, 0.1) is 45.8 Å². The van der Waals surface area contributed by atoms with Crippen LogP contribution in [0, 0.1) is 0 Å². The van der Waals surface area contributed by atoms with Crippen LogP contribution < -0.4 is 0 Å². The summed E-state index contributed by atoms with van der Waals surface area (Å²) < 4.78 is 17.9. The number of furan rings is 2. The molecule has 0 radical (unpaired) electrons. The fourth-order valence-corrected chi connectivity index (χ4v) is 7.35. The van der Waals surface area contributed by atoms with Gasteiger partial charge < -0.3 is 18.0 Å². The maximum atomic E-state index is 6.73. The van der Waals surface area contributed by atoms with E-state index in [2.05, 4.69) is 77.6 Å². The first-order chi connectivity index (χ1) is 22.8. The van der Waals surface area contributed by atoms with Crippen molar-refractivity contribution >= 4 is 87.5 Å². The molecule has 0 fully saturated rings. The molecule has 0 atom stereocenters. The van der Waals surface area contributed by atoms with Crippen molar-refractivity contribution in [1.82, 2.24) is 29.1 Å². The van der Waals surface area contributed by atoms with Gasteiger partial charge >= 0.3 is 0 Å². The Morgan fingerprint density at radius 3 is 1.35 bits per heavy atom. The Bertz CT molecular complexity index is 2740. The van der Waals surface area contributed by atoms with Gasteiger partial charge in [-0.05, 0) is 48.5 Å². The first-order valence-corrected chi connectivity index (χ1v) is 15.0. The van der Waals surface area contributed by atoms with Crippen molar-refractivity contribution in [3.8, 4) is 11.4 Å². The summed E-state index contributed by atoms with van der Waals surface area (Å²) in [5.41, 5.74) is 9.22. The number of hydrogen-bond acceptors (Lipinski definition) is 6. The predicted molar refractivity (Wildman–Crippen MR) is 181 cm³/mol. The van der Waals surface area contributed by atoms with E-state index in [1.165, 1.54) is 0 Å². The average Bonchev–Trinajstić information content (AvgIpc) is 3.85. The van der Waals surface area contributed by atoms with Crippen LogP contribution in [0.2, 0.25) is 0 Å². The molecular weight excluding hydrogens is 572 g/mol. The Morgan fingerprint density at radius 1 is 0.391 bits per heavy atom. The zero-order valence-electron chi connectivity index (χ0n) is 24.0. The highest BCUT2D eigenvalue weighted by Crippen LogP contribution is 2.42. The highest BCUT2D eigenvalue weighted by molar-refractivity contribution is 6.18. The summed E-state index contributed by atoms with van der Waals surface area (Å²) in [7, 11) is 0. The van der Waals surface area contributed by atoms with Crippen molar-refractivity contribution in [3.05, 3.63) is 122 Å². The Kier molecular flexibility index (Phi) is 4.43. The summed E-state index contributed by atoms with van der Waals surface area (Å²) in [6.07, 6.45) is 14.9. The first kappa shape index (κ1) is 23.9. The summed E-state index contributed by atoms with van der Waals surface area (Å²) >= 11 is 0. The van der Waals surface area contributed by atoms with E-state index in [1.54, 1.807) is 0 Å². The number of para-hydroxylation sites is 2. The SMILES string of the molecule is c1cc(-n2c3ccncc3c3ccncc32)c2oc3cc4c(cc3c2c1)oc1c(-n2c3ccncc3c3ccncc32)cccc14. The van der Waals surface area contributed by atoms with E-state index < -0.39 is 0 Å². The van der Waals surface area contributed by atoms with Crippen molar-refractivity contribution in [2.75, 3.05) is 0 Å². The number of fused-ring (bicyclic) bond motifs is 12. The molecule has 0 bridgehead atoms. The second-order valence-electron chi connectivity index (χ2n) is 11.6. The quantitative estimate of drug-likeness (QED) is 0.199. The Labute approximate surface area is 258 Å². The zero-order valence-corrected chi connectivity index (χ0v) is 24.0. The Hall–Kier alpha value is -6.54. The number of pyridine rings is 4. The molecule has 11 aromatic rings. The standard InChI is InChI=1S/C38H20N6O2/c1-3-23-25-15-36-26(16-35(25)45-37(23)31(5-1)43-29-9-13-39-17-27(29)21-7-11-41-19-33(21)43)24-4-2-6-32(38(24)46-36)44-30-10-14-40-18-28(30)22-8-12-42-20-34(22)44/h1-20H. The maximum Gasteiger partial charge on any atom is 0.159 e. The summed E-state index contributed by atoms with van der Waals surface area (Å²) in [4.78, 5) is 17.7. The van der Waals surface area contributed by atoms with Crippen LogP contribution in [-0.4, -0.2) is 29.1 Å². The van der Waals surface area contributed by atoms with E-state index >= 15 is 0 Å². The highest BCUT2D eigenvalue weighted by Gasteiger charge is 2.21. The van der Waals surface area contributed by atoms with Crippen molar-refractivity contribution in [1.29, 1.82) is 0 Å². The van der Waals surface area contributed by atoms with Crippen molar-refractivity contribution in [2.24, 2.45) is 0 Å². The zero-order chi connectivity index (χ0) is 29.9. The lowest BCUT2D eigenvalue weighted by molar-refractivity contribution is 0.661. The summed E-state index contributed by atoms with van der Waals surface area (Å²) in [5, 5.41) is 8.37. The molecule has 0 amide bonds. The van der Waals surface area contributed by atoms with Crippen LogP contribution >= 0.6 is 0 Å². The van der Waals surface area contributed by atoms with Gasteiger partial charge in [-0.15, -0.1) is 0 Å². The molecule has 3 aromatic carbocycles. The number of nitrogens with zero attached hydrogens (tertiary/aromatic N) is 6. The maximum absolute atomic E-state index is 6.73. The normalized spacial score (nSPS) is 12.3. The van der Waals surface area contributed by atoms with Gasteiger partial charge in [-0.3, -0.25) is 19.9 Å². The largest absolute Gasteiger partial charge is 0.454 e. The van der Waals surface area contributed by atoms with E-state index in [-0.39, 0.29) is 0 Å². The van der Waals surface area contributed by atoms with Crippen LogP contribution in [0.15, 0.2) is 131 Å². The Balaban J connectivity index is 1.18. The second-order valence-corrected chi connectivity index (χ2v) is 11.6. The van der Waals surface area contributed by atoms with Crippen LogP contribution in [0.3, 0.4) is 0 Å². The molecule has 0 aliphatic heterocycles. The molecule has 46 heavy (non-hydrogen) atoms. The molecule has 0 spiro atoms. The fraction of sp³-hybridized carbons (Fsp3) is 0. The van der Waals surface area contributed by atoms with Crippen LogP contribution in [-0.2, 0) is 0 Å². The molecule has 0 N–H and O–H groups in total. The molecule has 0 saturated carbocycles. The van der Waals surface area contributed by atoms with Gasteiger partial charge in [0, 0.05) is 80.3 Å². The summed E-state index contributed by atoms with van der Waals surface area (Å²) in [6, 6.07) is 24.9. The molecule has 8 nitrogen and oxygen atoms in total. The van der Waals surface area contributed by atoms with E-state index in [0.29, 0.717) is 0 Å². The number of aromatic nitrogens is 6. The summed E-state index contributed by atoms with van der Waals surface area (Å²) in [5.74, 6) is 0. The molecule has 0 aliphatic rings. The van der Waals surface area contributed by atoms with E-state index in [9.17, 15) is 0 Å². The molecule has 8 heteroatoms. The van der Waals surface area contributed by atoms with Crippen molar-refractivity contribution < 1.29 is 8.83 Å². The van der Waals surface area contributed by atoms with Gasteiger partial charge in [0.25, 0.3) is 0 Å². The number of rotatable bonds is 2. The third kappa shape index (κ3) is 2.97. The van der Waals surface area contributed by atoms with Gasteiger partial charge in [-0.25, -0.2) is 0 Å². The number of hydrogen-bond donors (Lipinski definition) is 0. The minimum Gasteiger partial charge on any atom is -0.454 e. The lowest BCUT2D eigenvalue weighted by atomic mass is 10.1. The first-order valence-electron chi connectivity index (χ1n) is 15.0. The van der Waals surface area contributed by atoms with Gasteiger partial charge in [0.2, 0.25) is 0 Å². The average molecular weight is 593 g/mol. The lowest BCUT2D eigenvalue weighted by Gasteiger charge is -2.08.